The van der Waals surface area contributed by atoms with E-state index in [0.717, 1.165) is 28.0 Å². The van der Waals surface area contributed by atoms with E-state index in [9.17, 15) is 9.59 Å². The number of thioether (sulfide) groups is 1. The highest BCUT2D eigenvalue weighted by Crippen LogP contribution is 2.40. The van der Waals surface area contributed by atoms with Crippen molar-refractivity contribution in [1.82, 2.24) is 0 Å². The number of anilines is 1. The van der Waals surface area contributed by atoms with E-state index in [1.54, 1.807) is 24.5 Å². The van der Waals surface area contributed by atoms with Gasteiger partial charge in [-0.25, -0.2) is 4.90 Å². The SMILES string of the molecule is Cc1ccc(C2=C(SCc3ccco3)C(=O)N(c3ccc(C)c(Cl)c3)C2=O)cc1C. The minimum absolute atomic E-state index is 0.342. The minimum atomic E-state index is -0.343. The number of benzene rings is 2. The summed E-state index contributed by atoms with van der Waals surface area (Å²) in [6.07, 6.45) is 1.59. The van der Waals surface area contributed by atoms with Crippen LogP contribution in [0.25, 0.3) is 5.57 Å². The zero-order valence-electron chi connectivity index (χ0n) is 16.9. The summed E-state index contributed by atoms with van der Waals surface area (Å²) in [7, 11) is 0. The number of carbonyl (C=O) groups is 2. The monoisotopic (exact) mass is 437 g/mol. The first kappa shape index (κ1) is 20.5. The molecule has 0 fully saturated rings. The molecule has 30 heavy (non-hydrogen) atoms. The first-order valence-corrected chi connectivity index (χ1v) is 10.8. The molecule has 1 aliphatic rings. The van der Waals surface area contributed by atoms with Crippen molar-refractivity contribution in [2.75, 3.05) is 4.90 Å². The zero-order chi connectivity index (χ0) is 21.4. The molecular weight excluding hydrogens is 418 g/mol. The number of furan rings is 1. The number of aryl methyl sites for hydroxylation is 3. The van der Waals surface area contributed by atoms with Gasteiger partial charge in [-0.2, -0.15) is 0 Å². The number of hydrogen-bond acceptors (Lipinski definition) is 4. The summed E-state index contributed by atoms with van der Waals surface area (Å²) in [6, 6.07) is 14.7. The molecule has 2 amide bonds. The van der Waals surface area contributed by atoms with E-state index in [-0.39, 0.29) is 11.8 Å². The molecule has 6 heteroatoms. The normalized spacial score (nSPS) is 14.2. The molecule has 3 aromatic rings. The molecule has 0 bridgehead atoms. The first-order chi connectivity index (χ1) is 14.4. The van der Waals surface area contributed by atoms with Crippen LogP contribution in [0.15, 0.2) is 64.1 Å². The van der Waals surface area contributed by atoms with Crippen LogP contribution < -0.4 is 4.90 Å². The van der Waals surface area contributed by atoms with Gasteiger partial charge in [-0.05, 0) is 67.3 Å². The molecule has 0 N–H and O–H groups in total. The van der Waals surface area contributed by atoms with Crippen LogP contribution in [0.1, 0.15) is 28.0 Å². The topological polar surface area (TPSA) is 50.5 Å². The van der Waals surface area contributed by atoms with E-state index in [4.69, 9.17) is 16.0 Å². The lowest BCUT2D eigenvalue weighted by molar-refractivity contribution is -0.119. The fraction of sp³-hybridized carbons (Fsp3) is 0.167. The molecule has 0 spiro atoms. The Kier molecular flexibility index (Phi) is 5.58. The fourth-order valence-corrected chi connectivity index (χ4v) is 4.48. The van der Waals surface area contributed by atoms with Crippen molar-refractivity contribution in [2.24, 2.45) is 0 Å². The third kappa shape index (κ3) is 3.71. The van der Waals surface area contributed by atoms with Gasteiger partial charge in [0.2, 0.25) is 0 Å². The number of imide groups is 1. The van der Waals surface area contributed by atoms with Gasteiger partial charge in [-0.1, -0.05) is 35.9 Å². The zero-order valence-corrected chi connectivity index (χ0v) is 18.4. The molecule has 4 rings (SSSR count). The Morgan fingerprint density at radius 2 is 1.70 bits per heavy atom. The van der Waals surface area contributed by atoms with Crippen molar-refractivity contribution < 1.29 is 14.0 Å². The van der Waals surface area contributed by atoms with Crippen molar-refractivity contribution in [1.29, 1.82) is 0 Å². The van der Waals surface area contributed by atoms with E-state index in [2.05, 4.69) is 0 Å². The molecule has 1 aliphatic heterocycles. The van der Waals surface area contributed by atoms with Crippen LogP contribution in [0, 0.1) is 20.8 Å². The average Bonchev–Trinajstić information content (AvgIpc) is 3.31. The van der Waals surface area contributed by atoms with Crippen molar-refractivity contribution in [3.8, 4) is 0 Å². The van der Waals surface area contributed by atoms with Crippen molar-refractivity contribution in [3.63, 3.8) is 0 Å². The maximum absolute atomic E-state index is 13.4. The second-order valence-corrected chi connectivity index (χ2v) is 8.64. The standard InChI is InChI=1S/C24H20ClNO3S/c1-14-6-8-17(11-16(14)3)21-22(30-13-19-5-4-10-29-19)24(28)26(23(21)27)18-9-7-15(2)20(25)12-18/h4-12H,13H2,1-3H3. The van der Waals surface area contributed by atoms with E-state index in [1.165, 1.54) is 16.7 Å². The lowest BCUT2D eigenvalue weighted by atomic mass is 10.0. The lowest BCUT2D eigenvalue weighted by Gasteiger charge is -2.16. The van der Waals surface area contributed by atoms with Gasteiger partial charge in [0.15, 0.2) is 0 Å². The maximum Gasteiger partial charge on any atom is 0.272 e. The number of rotatable bonds is 5. The Balaban J connectivity index is 1.78. The Labute approximate surface area is 184 Å². The number of amides is 2. The van der Waals surface area contributed by atoms with Crippen LogP contribution >= 0.6 is 23.4 Å². The van der Waals surface area contributed by atoms with Gasteiger partial charge in [0.1, 0.15) is 5.76 Å². The lowest BCUT2D eigenvalue weighted by Crippen LogP contribution is -2.31. The second-order valence-electron chi connectivity index (χ2n) is 7.25. The summed E-state index contributed by atoms with van der Waals surface area (Å²) >= 11 is 7.58. The van der Waals surface area contributed by atoms with Gasteiger partial charge >= 0.3 is 0 Å². The molecule has 0 radical (unpaired) electrons. The molecule has 2 heterocycles. The highest BCUT2D eigenvalue weighted by atomic mass is 35.5. The Morgan fingerprint density at radius 1 is 0.933 bits per heavy atom. The van der Waals surface area contributed by atoms with E-state index >= 15 is 0 Å². The van der Waals surface area contributed by atoms with Crippen LogP contribution in [-0.2, 0) is 15.3 Å². The number of nitrogens with zero attached hydrogens (tertiary/aromatic N) is 1. The fourth-order valence-electron chi connectivity index (χ4n) is 3.29. The maximum atomic E-state index is 13.4. The van der Waals surface area contributed by atoms with Crippen LogP contribution in [0.2, 0.25) is 5.02 Å². The highest BCUT2D eigenvalue weighted by molar-refractivity contribution is 8.03. The van der Waals surface area contributed by atoms with Gasteiger partial charge in [-0.3, -0.25) is 9.59 Å². The van der Waals surface area contributed by atoms with E-state index < -0.39 is 0 Å². The van der Waals surface area contributed by atoms with Gasteiger partial charge in [0.25, 0.3) is 11.8 Å². The summed E-state index contributed by atoms with van der Waals surface area (Å²) < 4.78 is 5.40. The Morgan fingerprint density at radius 3 is 2.37 bits per heavy atom. The molecule has 2 aromatic carbocycles. The van der Waals surface area contributed by atoms with Crippen LogP contribution in [0.3, 0.4) is 0 Å². The Hall–Kier alpha value is -2.76. The third-order valence-electron chi connectivity index (χ3n) is 5.19. The molecule has 4 nitrogen and oxygen atoms in total. The number of halogens is 1. The average molecular weight is 438 g/mol. The van der Waals surface area contributed by atoms with Crippen molar-refractivity contribution >= 4 is 46.4 Å². The van der Waals surface area contributed by atoms with Crippen molar-refractivity contribution in [3.05, 3.63) is 92.7 Å². The summed E-state index contributed by atoms with van der Waals surface area (Å²) in [6.45, 7) is 5.89. The molecule has 0 saturated heterocycles. The van der Waals surface area contributed by atoms with Crippen LogP contribution in [0.4, 0.5) is 5.69 Å². The summed E-state index contributed by atoms with van der Waals surface area (Å²) in [5, 5.41) is 0.512. The molecule has 0 atom stereocenters. The third-order valence-corrected chi connectivity index (χ3v) is 6.69. The summed E-state index contributed by atoms with van der Waals surface area (Å²) in [5.74, 6) is 0.511. The molecular formula is C24H20ClNO3S. The number of carbonyl (C=O) groups excluding carboxylic acids is 2. The predicted octanol–water partition coefficient (Wildman–Crippen LogP) is 6.08. The van der Waals surface area contributed by atoms with Crippen LogP contribution in [-0.4, -0.2) is 11.8 Å². The smallest absolute Gasteiger partial charge is 0.272 e. The molecule has 0 unspecified atom stereocenters. The quantitative estimate of drug-likeness (QED) is 0.454. The molecule has 0 saturated carbocycles. The number of hydrogen-bond donors (Lipinski definition) is 0. The highest BCUT2D eigenvalue weighted by Gasteiger charge is 2.40. The van der Waals surface area contributed by atoms with E-state index in [0.29, 0.717) is 26.9 Å². The first-order valence-electron chi connectivity index (χ1n) is 9.49. The molecule has 1 aromatic heterocycles. The van der Waals surface area contributed by atoms with E-state index in [1.807, 2.05) is 51.1 Å². The molecule has 0 aliphatic carbocycles. The van der Waals surface area contributed by atoms with Gasteiger partial charge < -0.3 is 4.42 Å². The minimum Gasteiger partial charge on any atom is -0.468 e. The van der Waals surface area contributed by atoms with Gasteiger partial charge in [0, 0.05) is 5.02 Å². The van der Waals surface area contributed by atoms with Crippen molar-refractivity contribution in [2.45, 2.75) is 26.5 Å². The largest absolute Gasteiger partial charge is 0.468 e. The summed E-state index contributed by atoms with van der Waals surface area (Å²) in [4.78, 5) is 28.4. The van der Waals surface area contributed by atoms with Gasteiger partial charge in [-0.15, -0.1) is 11.8 Å². The molecule has 152 valence electrons. The predicted molar refractivity (Wildman–Crippen MR) is 122 cm³/mol. The summed E-state index contributed by atoms with van der Waals surface area (Å²) in [5.41, 5.74) is 4.69. The second kappa shape index (κ2) is 8.17. The Bertz CT molecular complexity index is 1180. The van der Waals surface area contributed by atoms with Crippen LogP contribution in [0.5, 0.6) is 0 Å². The van der Waals surface area contributed by atoms with Gasteiger partial charge in [0.05, 0.1) is 28.2 Å².